The number of hydrogen-bond donors (Lipinski definition) is 2. The number of alkyl halides is 3. The molecule has 7 heteroatoms. The summed E-state index contributed by atoms with van der Waals surface area (Å²) in [6, 6.07) is 10.4. The van der Waals surface area contributed by atoms with Crippen molar-refractivity contribution in [2.24, 2.45) is 5.73 Å². The smallest absolute Gasteiger partial charge is 0.368 e. The number of hydrogen-bond acceptors (Lipinski definition) is 2. The van der Waals surface area contributed by atoms with E-state index in [-0.39, 0.29) is 6.42 Å². The monoisotopic (exact) mass is 350 g/mol. The van der Waals surface area contributed by atoms with Crippen LogP contribution in [0.2, 0.25) is 0 Å². The average molecular weight is 350 g/mol. The maximum Gasteiger partial charge on any atom is 0.417 e. The lowest BCUT2D eigenvalue weighted by Gasteiger charge is -2.18. The summed E-state index contributed by atoms with van der Waals surface area (Å²) in [6.45, 7) is 1.83. The van der Waals surface area contributed by atoms with Gasteiger partial charge in [-0.1, -0.05) is 36.4 Å². The van der Waals surface area contributed by atoms with Crippen LogP contribution in [0.1, 0.15) is 27.0 Å². The minimum Gasteiger partial charge on any atom is -0.368 e. The number of nitrogens with one attached hydrogen (secondary N) is 1. The molecule has 3 N–H and O–H groups in total. The summed E-state index contributed by atoms with van der Waals surface area (Å²) in [5, 5.41) is 2.31. The fourth-order valence-corrected chi connectivity index (χ4v) is 2.45. The Bertz CT molecular complexity index is 788. The second-order valence-electron chi connectivity index (χ2n) is 5.60. The van der Waals surface area contributed by atoms with Gasteiger partial charge in [0, 0.05) is 6.42 Å². The predicted molar refractivity (Wildman–Crippen MR) is 86.8 cm³/mol. The number of primary amides is 1. The van der Waals surface area contributed by atoms with Crippen LogP contribution in [0.25, 0.3) is 0 Å². The van der Waals surface area contributed by atoms with Gasteiger partial charge in [-0.05, 0) is 30.2 Å². The van der Waals surface area contributed by atoms with E-state index < -0.39 is 35.2 Å². The first-order chi connectivity index (χ1) is 11.7. The average Bonchev–Trinajstić information content (AvgIpc) is 2.55. The van der Waals surface area contributed by atoms with Gasteiger partial charge < -0.3 is 11.1 Å². The number of benzene rings is 2. The third-order valence-corrected chi connectivity index (χ3v) is 3.81. The zero-order valence-electron chi connectivity index (χ0n) is 13.4. The molecule has 0 radical (unpaired) electrons. The summed E-state index contributed by atoms with van der Waals surface area (Å²) in [7, 11) is 0. The topological polar surface area (TPSA) is 72.2 Å². The van der Waals surface area contributed by atoms with Gasteiger partial charge in [-0.3, -0.25) is 9.59 Å². The molecule has 0 saturated carbocycles. The van der Waals surface area contributed by atoms with Gasteiger partial charge in [-0.2, -0.15) is 13.2 Å². The highest BCUT2D eigenvalue weighted by Crippen LogP contribution is 2.31. The zero-order valence-corrected chi connectivity index (χ0v) is 13.4. The third-order valence-electron chi connectivity index (χ3n) is 3.81. The fourth-order valence-electron chi connectivity index (χ4n) is 2.45. The summed E-state index contributed by atoms with van der Waals surface area (Å²) in [4.78, 5) is 23.9. The van der Waals surface area contributed by atoms with Crippen LogP contribution in [0.5, 0.6) is 0 Å². The highest BCUT2D eigenvalue weighted by molar-refractivity contribution is 5.98. The number of nitrogens with two attached hydrogens (primary N) is 1. The lowest BCUT2D eigenvalue weighted by molar-refractivity contribution is -0.137. The molecule has 0 heterocycles. The zero-order chi connectivity index (χ0) is 18.6. The van der Waals surface area contributed by atoms with Crippen molar-refractivity contribution in [2.45, 2.75) is 25.6 Å². The van der Waals surface area contributed by atoms with Gasteiger partial charge in [0.25, 0.3) is 5.91 Å². The van der Waals surface area contributed by atoms with Crippen LogP contribution >= 0.6 is 0 Å². The van der Waals surface area contributed by atoms with Crippen molar-refractivity contribution in [1.29, 1.82) is 0 Å². The van der Waals surface area contributed by atoms with Gasteiger partial charge in [0.2, 0.25) is 5.91 Å². The van der Waals surface area contributed by atoms with Crippen molar-refractivity contribution in [3.05, 3.63) is 70.8 Å². The molecule has 132 valence electrons. The second kappa shape index (κ2) is 7.38. The molecule has 2 rings (SSSR count). The first-order valence-corrected chi connectivity index (χ1v) is 7.51. The van der Waals surface area contributed by atoms with E-state index in [1.807, 2.05) is 19.1 Å². The van der Waals surface area contributed by atoms with Gasteiger partial charge in [-0.15, -0.1) is 0 Å². The Morgan fingerprint density at radius 1 is 1.08 bits per heavy atom. The Morgan fingerprint density at radius 3 is 2.28 bits per heavy atom. The molecule has 0 bridgehead atoms. The first-order valence-electron chi connectivity index (χ1n) is 7.51. The van der Waals surface area contributed by atoms with Gasteiger partial charge >= 0.3 is 6.18 Å². The van der Waals surface area contributed by atoms with Crippen LogP contribution in [-0.4, -0.2) is 17.9 Å². The Kier molecular flexibility index (Phi) is 5.46. The molecule has 2 aromatic carbocycles. The fraction of sp³-hybridized carbons (Fsp3) is 0.222. The van der Waals surface area contributed by atoms with E-state index in [9.17, 15) is 22.8 Å². The van der Waals surface area contributed by atoms with E-state index in [0.29, 0.717) is 0 Å². The first kappa shape index (κ1) is 18.5. The second-order valence-corrected chi connectivity index (χ2v) is 5.60. The molecule has 0 aliphatic carbocycles. The maximum atomic E-state index is 13.0. The molecule has 4 nitrogen and oxygen atoms in total. The van der Waals surface area contributed by atoms with Crippen LogP contribution in [-0.2, 0) is 17.4 Å². The maximum absolute atomic E-state index is 13.0. The lowest BCUT2D eigenvalue weighted by Crippen LogP contribution is -2.46. The molecular formula is C18H17F3N2O2. The summed E-state index contributed by atoms with van der Waals surface area (Å²) >= 11 is 0. The summed E-state index contributed by atoms with van der Waals surface area (Å²) < 4.78 is 39.1. The van der Waals surface area contributed by atoms with Crippen molar-refractivity contribution < 1.29 is 22.8 Å². The Labute approximate surface area is 142 Å². The third kappa shape index (κ3) is 4.59. The summed E-state index contributed by atoms with van der Waals surface area (Å²) in [5.41, 5.74) is 5.36. The van der Waals surface area contributed by atoms with Crippen LogP contribution in [0.15, 0.2) is 48.5 Å². The van der Waals surface area contributed by atoms with E-state index in [0.717, 1.165) is 23.3 Å². The Morgan fingerprint density at radius 2 is 1.68 bits per heavy atom. The van der Waals surface area contributed by atoms with Gasteiger partial charge in [-0.25, -0.2) is 0 Å². The van der Waals surface area contributed by atoms with E-state index in [2.05, 4.69) is 5.32 Å². The quantitative estimate of drug-likeness (QED) is 0.870. The molecule has 0 saturated heterocycles. The predicted octanol–water partition coefficient (Wildman–Crippen LogP) is 2.84. The molecule has 2 aromatic rings. The number of amides is 2. The molecular weight excluding hydrogens is 333 g/mol. The minimum absolute atomic E-state index is 0.0991. The highest BCUT2D eigenvalue weighted by Gasteiger charge is 2.35. The van der Waals surface area contributed by atoms with Crippen molar-refractivity contribution in [2.75, 3.05) is 0 Å². The lowest BCUT2D eigenvalue weighted by atomic mass is 10.00. The van der Waals surface area contributed by atoms with Gasteiger partial charge in [0.15, 0.2) is 0 Å². The summed E-state index contributed by atoms with van der Waals surface area (Å²) in [5.74, 6) is -1.81. The number of carbonyl (C=O) groups excluding carboxylic acids is 2. The molecule has 0 aromatic heterocycles. The standard InChI is InChI=1S/C18H17F3N2O2/c1-11-6-2-3-7-12(11)10-15(16(22)24)23-17(25)13-8-4-5-9-14(13)18(19,20)21/h2-9,15H,10H2,1H3,(H2,22,24)(H,23,25)/t15-/m1/s1. The molecule has 0 unspecified atom stereocenters. The van der Waals surface area contributed by atoms with E-state index in [1.54, 1.807) is 12.1 Å². The summed E-state index contributed by atoms with van der Waals surface area (Å²) in [6.07, 6.45) is -4.58. The van der Waals surface area contributed by atoms with E-state index in [4.69, 9.17) is 5.73 Å². The van der Waals surface area contributed by atoms with Gasteiger partial charge in [0.1, 0.15) is 6.04 Å². The molecule has 0 aliphatic rings. The SMILES string of the molecule is Cc1ccccc1C[C@@H](NC(=O)c1ccccc1C(F)(F)F)C(N)=O. The van der Waals surface area contributed by atoms with Gasteiger partial charge in [0.05, 0.1) is 11.1 Å². The van der Waals surface area contributed by atoms with Crippen molar-refractivity contribution >= 4 is 11.8 Å². The largest absolute Gasteiger partial charge is 0.417 e. The number of halogens is 3. The molecule has 0 fully saturated rings. The van der Waals surface area contributed by atoms with Crippen LogP contribution in [0, 0.1) is 6.92 Å². The number of aryl methyl sites for hydroxylation is 1. The van der Waals surface area contributed by atoms with E-state index >= 15 is 0 Å². The van der Waals surface area contributed by atoms with Crippen molar-refractivity contribution in [1.82, 2.24) is 5.32 Å². The molecule has 1 atom stereocenters. The normalized spacial score (nSPS) is 12.5. The van der Waals surface area contributed by atoms with Crippen LogP contribution in [0.3, 0.4) is 0 Å². The molecule has 2 amide bonds. The molecule has 0 aliphatic heterocycles. The number of rotatable bonds is 5. The number of carbonyl (C=O) groups is 2. The van der Waals surface area contributed by atoms with Crippen molar-refractivity contribution in [3.63, 3.8) is 0 Å². The van der Waals surface area contributed by atoms with E-state index in [1.165, 1.54) is 12.1 Å². The Balaban J connectivity index is 2.25. The molecule has 25 heavy (non-hydrogen) atoms. The van der Waals surface area contributed by atoms with Crippen LogP contribution in [0.4, 0.5) is 13.2 Å². The minimum atomic E-state index is -4.67. The van der Waals surface area contributed by atoms with Crippen LogP contribution < -0.4 is 11.1 Å². The Hall–Kier alpha value is -2.83. The van der Waals surface area contributed by atoms with Crippen molar-refractivity contribution in [3.8, 4) is 0 Å². The molecule has 0 spiro atoms. The highest BCUT2D eigenvalue weighted by atomic mass is 19.4.